The first-order chi connectivity index (χ1) is 10.5. The van der Waals surface area contributed by atoms with E-state index in [0.717, 1.165) is 5.56 Å². The number of amides is 2. The van der Waals surface area contributed by atoms with Crippen LogP contribution in [0.25, 0.3) is 0 Å². The molecule has 0 unspecified atom stereocenters. The van der Waals surface area contributed by atoms with Crippen molar-refractivity contribution in [3.05, 3.63) is 35.4 Å². The van der Waals surface area contributed by atoms with Crippen LogP contribution in [-0.4, -0.2) is 44.7 Å². The maximum Gasteiger partial charge on any atom is 0.337 e. The van der Waals surface area contributed by atoms with Crippen LogP contribution < -0.4 is 10.6 Å². The summed E-state index contributed by atoms with van der Waals surface area (Å²) in [6, 6.07) is 5.94. The minimum Gasteiger partial charge on any atom is -0.465 e. The van der Waals surface area contributed by atoms with Crippen molar-refractivity contribution in [2.45, 2.75) is 19.5 Å². The zero-order valence-electron chi connectivity index (χ0n) is 12.8. The fourth-order valence-corrected chi connectivity index (χ4v) is 1.78. The summed E-state index contributed by atoms with van der Waals surface area (Å²) >= 11 is 0. The second-order valence-corrected chi connectivity index (χ2v) is 4.61. The first-order valence-electron chi connectivity index (χ1n) is 6.69. The highest BCUT2D eigenvalue weighted by atomic mass is 16.5. The summed E-state index contributed by atoms with van der Waals surface area (Å²) in [5.41, 5.74) is 1.26. The lowest BCUT2D eigenvalue weighted by atomic mass is 10.1. The van der Waals surface area contributed by atoms with Gasteiger partial charge >= 0.3 is 5.97 Å². The average Bonchev–Trinajstić information content (AvgIpc) is 2.51. The van der Waals surface area contributed by atoms with Gasteiger partial charge in [0, 0.05) is 20.6 Å². The predicted octanol–water partition coefficient (Wildman–Crippen LogP) is 0.241. The topological polar surface area (TPSA) is 93.7 Å². The molecule has 0 aliphatic heterocycles. The van der Waals surface area contributed by atoms with E-state index in [1.165, 1.54) is 21.1 Å². The summed E-state index contributed by atoms with van der Waals surface area (Å²) in [6.45, 7) is 1.70. The minimum absolute atomic E-state index is 0.0900. The van der Waals surface area contributed by atoms with Crippen LogP contribution in [-0.2, 0) is 25.6 Å². The van der Waals surface area contributed by atoms with Crippen LogP contribution in [0.3, 0.4) is 0 Å². The van der Waals surface area contributed by atoms with Gasteiger partial charge in [-0.2, -0.15) is 0 Å². The van der Waals surface area contributed by atoms with Crippen LogP contribution in [0.15, 0.2) is 24.3 Å². The Balaban J connectivity index is 2.58. The van der Waals surface area contributed by atoms with Gasteiger partial charge in [0.15, 0.2) is 0 Å². The Hall–Kier alpha value is -2.41. The van der Waals surface area contributed by atoms with Crippen molar-refractivity contribution in [3.8, 4) is 0 Å². The molecule has 0 spiro atoms. The van der Waals surface area contributed by atoms with E-state index >= 15 is 0 Å². The zero-order valence-corrected chi connectivity index (χ0v) is 12.8. The van der Waals surface area contributed by atoms with E-state index in [4.69, 9.17) is 4.74 Å². The second kappa shape index (κ2) is 8.78. The molecule has 0 saturated carbocycles. The molecular weight excluding hydrogens is 288 g/mol. The van der Waals surface area contributed by atoms with Crippen molar-refractivity contribution >= 4 is 17.8 Å². The lowest BCUT2D eigenvalue weighted by Crippen LogP contribution is -2.48. The smallest absolute Gasteiger partial charge is 0.337 e. The summed E-state index contributed by atoms with van der Waals surface area (Å²) in [7, 11) is 2.77. The van der Waals surface area contributed by atoms with Gasteiger partial charge in [0.1, 0.15) is 6.04 Å². The van der Waals surface area contributed by atoms with E-state index < -0.39 is 12.0 Å². The summed E-state index contributed by atoms with van der Waals surface area (Å²) in [6.07, 6.45) is 0. The van der Waals surface area contributed by atoms with Crippen LogP contribution in [0.1, 0.15) is 22.8 Å². The van der Waals surface area contributed by atoms with Crippen molar-refractivity contribution in [3.63, 3.8) is 0 Å². The maximum atomic E-state index is 12.0. The summed E-state index contributed by atoms with van der Waals surface area (Å²) in [5, 5.41) is 5.21. The van der Waals surface area contributed by atoms with E-state index in [2.05, 4.69) is 15.4 Å². The molecule has 0 fully saturated rings. The molecule has 0 bridgehead atoms. The molecule has 0 aliphatic carbocycles. The molecule has 7 nitrogen and oxygen atoms in total. The molecule has 1 rings (SSSR count). The quantitative estimate of drug-likeness (QED) is 0.704. The lowest BCUT2D eigenvalue weighted by molar-refractivity contribution is -0.129. The number of methoxy groups -OCH3 is 2. The molecule has 0 radical (unpaired) electrons. The molecule has 0 aromatic heterocycles. The zero-order chi connectivity index (χ0) is 16.5. The van der Waals surface area contributed by atoms with Crippen molar-refractivity contribution in [2.24, 2.45) is 0 Å². The number of esters is 1. The SMILES string of the molecule is COC[C@@H](NC(C)=O)C(=O)NCc1ccc(C(=O)OC)cc1. The van der Waals surface area contributed by atoms with E-state index in [-0.39, 0.29) is 25.0 Å². The van der Waals surface area contributed by atoms with Gasteiger partial charge in [-0.05, 0) is 17.7 Å². The van der Waals surface area contributed by atoms with Crippen LogP contribution in [0, 0.1) is 0 Å². The molecule has 0 saturated heterocycles. The molecule has 1 aromatic rings. The van der Waals surface area contributed by atoms with E-state index in [1.54, 1.807) is 24.3 Å². The van der Waals surface area contributed by atoms with E-state index in [1.807, 2.05) is 0 Å². The third kappa shape index (κ3) is 5.53. The number of carbonyl (C=O) groups is 3. The van der Waals surface area contributed by atoms with Gasteiger partial charge in [-0.3, -0.25) is 9.59 Å². The third-order valence-corrected chi connectivity index (χ3v) is 2.87. The van der Waals surface area contributed by atoms with Crippen molar-refractivity contribution < 1.29 is 23.9 Å². The molecule has 120 valence electrons. The Morgan fingerprint density at radius 3 is 2.27 bits per heavy atom. The van der Waals surface area contributed by atoms with Crippen LogP contribution in [0.5, 0.6) is 0 Å². The first-order valence-corrected chi connectivity index (χ1v) is 6.69. The second-order valence-electron chi connectivity index (χ2n) is 4.61. The summed E-state index contributed by atoms with van der Waals surface area (Å²) < 4.78 is 9.51. The Morgan fingerprint density at radius 2 is 1.77 bits per heavy atom. The highest BCUT2D eigenvalue weighted by Gasteiger charge is 2.18. The van der Waals surface area contributed by atoms with Crippen LogP contribution in [0.4, 0.5) is 0 Å². The molecular formula is C15H20N2O5. The van der Waals surface area contributed by atoms with Gasteiger partial charge in [0.05, 0.1) is 19.3 Å². The van der Waals surface area contributed by atoms with Crippen molar-refractivity contribution in [1.82, 2.24) is 10.6 Å². The fourth-order valence-electron chi connectivity index (χ4n) is 1.78. The van der Waals surface area contributed by atoms with Gasteiger partial charge in [-0.1, -0.05) is 12.1 Å². The normalized spacial score (nSPS) is 11.4. The number of rotatable bonds is 7. The number of hydrogen-bond donors (Lipinski definition) is 2. The Bertz CT molecular complexity index is 527. The van der Waals surface area contributed by atoms with Crippen LogP contribution in [0.2, 0.25) is 0 Å². The maximum absolute atomic E-state index is 12.0. The molecule has 22 heavy (non-hydrogen) atoms. The van der Waals surface area contributed by atoms with E-state index in [0.29, 0.717) is 5.56 Å². The minimum atomic E-state index is -0.739. The summed E-state index contributed by atoms with van der Waals surface area (Å²) in [5.74, 6) is -1.06. The monoisotopic (exact) mass is 308 g/mol. The van der Waals surface area contributed by atoms with Gasteiger partial charge in [0.25, 0.3) is 0 Å². The van der Waals surface area contributed by atoms with Gasteiger partial charge in [-0.25, -0.2) is 4.79 Å². The highest BCUT2D eigenvalue weighted by molar-refractivity contribution is 5.89. The highest BCUT2D eigenvalue weighted by Crippen LogP contribution is 2.05. The number of benzene rings is 1. The number of nitrogens with one attached hydrogen (secondary N) is 2. The molecule has 7 heteroatoms. The standard InChI is InChI=1S/C15H20N2O5/c1-10(18)17-13(9-21-2)14(19)16-8-11-4-6-12(7-5-11)15(20)22-3/h4-7,13H,8-9H2,1-3H3,(H,16,19)(H,17,18)/t13-/m1/s1. The Labute approximate surface area is 129 Å². The number of ether oxygens (including phenoxy) is 2. The van der Waals surface area contributed by atoms with Crippen molar-refractivity contribution in [1.29, 1.82) is 0 Å². The molecule has 1 atom stereocenters. The van der Waals surface area contributed by atoms with Crippen molar-refractivity contribution in [2.75, 3.05) is 20.8 Å². The van der Waals surface area contributed by atoms with E-state index in [9.17, 15) is 14.4 Å². The first kappa shape index (κ1) is 17.6. The molecule has 0 heterocycles. The summed E-state index contributed by atoms with van der Waals surface area (Å²) in [4.78, 5) is 34.3. The lowest BCUT2D eigenvalue weighted by Gasteiger charge is -2.16. The molecule has 2 N–H and O–H groups in total. The fraction of sp³-hybridized carbons (Fsp3) is 0.400. The molecule has 1 aromatic carbocycles. The largest absolute Gasteiger partial charge is 0.465 e. The van der Waals surface area contributed by atoms with Gasteiger partial charge < -0.3 is 20.1 Å². The van der Waals surface area contributed by atoms with Crippen LogP contribution >= 0.6 is 0 Å². The van der Waals surface area contributed by atoms with Gasteiger partial charge in [-0.15, -0.1) is 0 Å². The van der Waals surface area contributed by atoms with Gasteiger partial charge in [0.2, 0.25) is 11.8 Å². The molecule has 2 amide bonds. The Morgan fingerprint density at radius 1 is 1.14 bits per heavy atom. The predicted molar refractivity (Wildman–Crippen MR) is 79.1 cm³/mol. The Kier molecular flexibility index (Phi) is 7.04. The molecule has 0 aliphatic rings. The third-order valence-electron chi connectivity index (χ3n) is 2.87. The number of hydrogen-bond acceptors (Lipinski definition) is 5. The number of carbonyl (C=O) groups excluding carboxylic acids is 3. The average molecular weight is 308 g/mol.